The molecule has 6 aliphatic heterocycles. The number of carbonyl (C=O) groups is 5. The number of carboxylic acids is 4. The number of carboxylic acid groups (broad SMARTS) is 4. The molecule has 4 fully saturated rings. The molecule has 22 heteroatoms. The summed E-state index contributed by atoms with van der Waals surface area (Å²) >= 11 is 0. The van der Waals surface area contributed by atoms with E-state index in [0.29, 0.717) is 55.5 Å². The van der Waals surface area contributed by atoms with Gasteiger partial charge in [-0.25, -0.2) is 5.06 Å². The van der Waals surface area contributed by atoms with Crippen LogP contribution in [0.3, 0.4) is 0 Å². The fourth-order valence-electron chi connectivity index (χ4n) is 15.1. The first-order chi connectivity index (χ1) is 53.6. The summed E-state index contributed by atoms with van der Waals surface area (Å²) in [6.45, 7) is 14.0. The van der Waals surface area contributed by atoms with Crippen LogP contribution in [0.25, 0.3) is 0 Å². The molecule has 6 heterocycles. The van der Waals surface area contributed by atoms with Gasteiger partial charge in [-0.2, -0.15) is 0 Å². The molecule has 14 rings (SSSR count). The Morgan fingerprint density at radius 2 is 0.784 bits per heavy atom. The summed E-state index contributed by atoms with van der Waals surface area (Å²) in [4.78, 5) is 74.5. The summed E-state index contributed by atoms with van der Waals surface area (Å²) in [5, 5.41) is 40.1. The summed E-state index contributed by atoms with van der Waals surface area (Å²) in [6, 6.07) is 70.3. The molecule has 0 bridgehead atoms. The van der Waals surface area contributed by atoms with Crippen LogP contribution in [0.4, 0.5) is 0 Å². The predicted octanol–water partition coefficient (Wildman–Crippen LogP) is 14.3. The molecule has 0 unspecified atom stereocenters. The normalized spacial score (nSPS) is 22.5. The van der Waals surface area contributed by atoms with E-state index in [9.17, 15) is 44.4 Å². The number of methoxy groups -OCH3 is 3. The standard InChI is InChI=1S/C29H36N2O8.3C14H19NO3.3C6H6/c1-3-12-31(39-13-4-2)26(32)16-30-15-21(20-9-11-23-25(14-20)37-17-35-23)27(29(33)34)22(30)10-8-19-6-5-7-24-28(19)38-18-36-24;3*1-9-13(14(16)17)12(8-15(9)2)10-4-6-11(18-3)7-5-10;3*1-2-4-6-5-3-1/h5-7,9,11,14,21-22,27H,3-4,8,10,12-13,15-18H2,1-2H3,(H,33,34);3*4-7,9,12-13H,8H2,1-3H3,(H,16,17);3*1-6H/t21-,22+,27-;3*9-,12+,13-;;;/m1000.../s1. The summed E-state index contributed by atoms with van der Waals surface area (Å²) in [5.74, 6) is -0.0702. The van der Waals surface area contributed by atoms with Crippen LogP contribution < -0.4 is 33.2 Å². The SMILES string of the molecule is CCCON(CCC)C(=O)CN1C[C@H](c2ccc3c(c2)OCO3)[C@@H](C(=O)O)[C@@H]1CCc1cccc2c1OCO2.COc1ccc([C@H]2CN(C)[C@@H](C)[C@@H]2C(=O)O)cc1.COc1ccc([C@H]2CN(C)[C@@H](C)[C@@H]2C(=O)O)cc1.COc1ccc([C@H]2CN(C)[C@@H](C)[C@@H]2C(=O)O)cc1.c1ccccc1.c1ccccc1.c1ccccc1. The van der Waals surface area contributed by atoms with Crippen LogP contribution in [0.1, 0.15) is 105 Å². The minimum Gasteiger partial charge on any atom is -0.497 e. The zero-order valence-electron chi connectivity index (χ0n) is 65.7. The van der Waals surface area contributed by atoms with Crippen molar-refractivity contribution in [2.75, 3.05) is 102 Å². The van der Waals surface area contributed by atoms with Gasteiger partial charge in [0.15, 0.2) is 23.0 Å². The molecule has 0 spiro atoms. The van der Waals surface area contributed by atoms with Gasteiger partial charge in [0.2, 0.25) is 13.6 Å². The highest BCUT2D eigenvalue weighted by molar-refractivity contribution is 5.79. The number of ether oxygens (including phenoxy) is 7. The molecule has 0 aliphatic carbocycles. The number of para-hydroxylation sites is 1. The van der Waals surface area contributed by atoms with Gasteiger partial charge < -0.3 is 68.3 Å². The minimum atomic E-state index is -0.886. The highest BCUT2D eigenvalue weighted by Gasteiger charge is 2.49. The number of carbonyl (C=O) groups excluding carboxylic acids is 1. The molecular weight excluding hydrogens is 1410 g/mol. The third kappa shape index (κ3) is 24.0. The zero-order valence-corrected chi connectivity index (χ0v) is 65.7. The van der Waals surface area contributed by atoms with Crippen molar-refractivity contribution in [1.29, 1.82) is 0 Å². The van der Waals surface area contributed by atoms with Gasteiger partial charge in [0, 0.05) is 80.6 Å². The average molecular weight is 1520 g/mol. The first-order valence-electron chi connectivity index (χ1n) is 38.0. The third-order valence-corrected chi connectivity index (χ3v) is 21.4. The lowest BCUT2D eigenvalue weighted by Crippen LogP contribution is -2.44. The first-order valence-corrected chi connectivity index (χ1v) is 38.0. The molecule has 594 valence electrons. The number of rotatable bonds is 21. The molecule has 8 aromatic rings. The molecule has 22 nitrogen and oxygen atoms in total. The van der Waals surface area contributed by atoms with Gasteiger partial charge in [-0.3, -0.25) is 33.7 Å². The summed E-state index contributed by atoms with van der Waals surface area (Å²) in [5.41, 5.74) is 5.03. The van der Waals surface area contributed by atoms with Gasteiger partial charge in [0.25, 0.3) is 5.91 Å². The van der Waals surface area contributed by atoms with Crippen molar-refractivity contribution in [3.05, 3.63) is 246 Å². The maximum Gasteiger partial charge on any atom is 0.308 e. The van der Waals surface area contributed by atoms with Gasteiger partial charge in [0.1, 0.15) is 17.2 Å². The number of amides is 1. The fraction of sp³-hybridized carbons (Fsp3) is 0.404. The lowest BCUT2D eigenvalue weighted by molar-refractivity contribution is -0.188. The molecule has 0 saturated carbocycles. The maximum atomic E-state index is 13.4. The van der Waals surface area contributed by atoms with E-state index in [1.54, 1.807) is 21.3 Å². The van der Waals surface area contributed by atoms with Gasteiger partial charge >= 0.3 is 23.9 Å². The Morgan fingerprint density at radius 3 is 1.15 bits per heavy atom. The Kier molecular flexibility index (Phi) is 34.0. The Bertz CT molecular complexity index is 3750. The van der Waals surface area contributed by atoms with Crippen molar-refractivity contribution < 1.29 is 82.4 Å². The van der Waals surface area contributed by atoms with E-state index in [1.807, 2.05) is 279 Å². The Morgan fingerprint density at radius 1 is 0.423 bits per heavy atom. The van der Waals surface area contributed by atoms with Crippen LogP contribution in [-0.2, 0) is 35.2 Å². The van der Waals surface area contributed by atoms with E-state index in [-0.39, 0.29) is 91.6 Å². The van der Waals surface area contributed by atoms with E-state index >= 15 is 0 Å². The van der Waals surface area contributed by atoms with Crippen molar-refractivity contribution in [3.63, 3.8) is 0 Å². The fourth-order valence-corrected chi connectivity index (χ4v) is 15.1. The van der Waals surface area contributed by atoms with Gasteiger partial charge in [-0.15, -0.1) is 0 Å². The molecule has 0 radical (unpaired) electrons. The van der Waals surface area contributed by atoms with E-state index < -0.39 is 29.8 Å². The van der Waals surface area contributed by atoms with E-state index in [2.05, 4.69) is 14.7 Å². The van der Waals surface area contributed by atoms with Crippen LogP contribution in [0.2, 0.25) is 0 Å². The number of nitrogens with zero attached hydrogens (tertiary/aromatic N) is 5. The van der Waals surface area contributed by atoms with E-state index in [4.69, 9.17) is 38.0 Å². The van der Waals surface area contributed by atoms with Crippen molar-refractivity contribution >= 4 is 29.8 Å². The highest BCUT2D eigenvalue weighted by Crippen LogP contribution is 2.45. The Balaban J connectivity index is 0.000000181. The van der Waals surface area contributed by atoms with Crippen LogP contribution in [0, 0.1) is 23.7 Å². The van der Waals surface area contributed by atoms with Crippen molar-refractivity contribution in [2.45, 2.75) is 108 Å². The van der Waals surface area contributed by atoms with Crippen LogP contribution in [0.5, 0.6) is 40.2 Å². The van der Waals surface area contributed by atoms with Crippen molar-refractivity contribution in [1.82, 2.24) is 24.7 Å². The van der Waals surface area contributed by atoms with E-state index in [1.165, 1.54) is 5.06 Å². The van der Waals surface area contributed by atoms with Crippen LogP contribution in [0.15, 0.2) is 218 Å². The quantitative estimate of drug-likeness (QED) is 0.0488. The number of aryl methyl sites for hydroxylation is 1. The van der Waals surface area contributed by atoms with Crippen LogP contribution >= 0.6 is 0 Å². The van der Waals surface area contributed by atoms with Gasteiger partial charge in [-0.05, 0) is 150 Å². The second-order valence-corrected chi connectivity index (χ2v) is 28.3. The summed E-state index contributed by atoms with van der Waals surface area (Å²) in [7, 11) is 10.8. The number of likely N-dealkylation sites (tertiary alicyclic amines) is 4. The van der Waals surface area contributed by atoms with Gasteiger partial charge in [-0.1, -0.05) is 178 Å². The van der Waals surface area contributed by atoms with Crippen molar-refractivity contribution in [3.8, 4) is 40.2 Å². The molecule has 8 aromatic carbocycles. The largest absolute Gasteiger partial charge is 0.497 e. The Hall–Kier alpha value is -10.5. The summed E-state index contributed by atoms with van der Waals surface area (Å²) in [6.07, 6.45) is 2.68. The molecule has 1 amide bonds. The number of likely N-dealkylation sites (N-methyl/N-ethyl adjacent to an activating group) is 3. The second kappa shape index (κ2) is 43.8. The minimum absolute atomic E-state index is 0.0495. The third-order valence-electron chi connectivity index (χ3n) is 21.4. The molecule has 0 aromatic heterocycles. The highest BCUT2D eigenvalue weighted by atomic mass is 16.7. The monoisotopic (exact) mass is 1520 g/mol. The number of hydrogen-bond acceptors (Lipinski definition) is 17. The second-order valence-electron chi connectivity index (χ2n) is 28.3. The maximum absolute atomic E-state index is 13.4. The molecule has 4 saturated heterocycles. The van der Waals surface area contributed by atoms with Crippen molar-refractivity contribution in [2.24, 2.45) is 23.7 Å². The van der Waals surface area contributed by atoms with E-state index in [0.717, 1.165) is 77.5 Å². The number of hydroxylamine groups is 2. The smallest absolute Gasteiger partial charge is 0.308 e. The lowest BCUT2D eigenvalue weighted by Gasteiger charge is -2.29. The number of aliphatic carboxylic acids is 4. The lowest BCUT2D eigenvalue weighted by atomic mass is 9.83. The molecule has 111 heavy (non-hydrogen) atoms. The predicted molar refractivity (Wildman–Crippen MR) is 427 cm³/mol. The molecular formula is C89H111N5O17. The summed E-state index contributed by atoms with van der Waals surface area (Å²) < 4.78 is 37.6. The molecule has 6 aliphatic rings. The molecule has 4 N–H and O–H groups in total. The topological polar surface area (TPSA) is 256 Å². The number of benzene rings is 8. The zero-order chi connectivity index (χ0) is 79.9. The average Bonchev–Trinajstić information content (AvgIpc) is 1.63. The van der Waals surface area contributed by atoms with Crippen LogP contribution in [-0.4, -0.2) is 201 Å². The number of hydrogen-bond donors (Lipinski definition) is 4. The number of fused-ring (bicyclic) bond motifs is 2. The molecule has 12 atom stereocenters. The Labute approximate surface area is 653 Å². The first kappa shape index (κ1) is 86.1. The van der Waals surface area contributed by atoms with Gasteiger partial charge in [0.05, 0.1) is 58.2 Å².